The standard InChI is InChI=1S/C20H19FN2O/c1-2-13-5-3-4-6-17(13)23-19(24)20(9-10-20)16-12-22-18-8-7-14(21)11-15(16)18/h3-8,11-12,22H,2,9-10H2,1H3,(H,23,24). The molecule has 122 valence electrons. The number of aromatic amines is 1. The van der Waals surface area contributed by atoms with Gasteiger partial charge in [-0.2, -0.15) is 0 Å². The summed E-state index contributed by atoms with van der Waals surface area (Å²) < 4.78 is 13.6. The third-order valence-electron chi connectivity index (χ3n) is 4.99. The molecule has 3 aromatic rings. The van der Waals surface area contributed by atoms with Crippen molar-refractivity contribution in [3.05, 3.63) is 65.6 Å². The van der Waals surface area contributed by atoms with Crippen LogP contribution in [0.2, 0.25) is 0 Å². The van der Waals surface area contributed by atoms with E-state index in [4.69, 9.17) is 0 Å². The summed E-state index contributed by atoms with van der Waals surface area (Å²) in [5.74, 6) is -0.288. The van der Waals surface area contributed by atoms with Gasteiger partial charge in [0.05, 0.1) is 5.41 Å². The van der Waals surface area contributed by atoms with Crippen LogP contribution in [0, 0.1) is 5.82 Å². The number of fused-ring (bicyclic) bond motifs is 1. The van der Waals surface area contributed by atoms with E-state index in [1.54, 1.807) is 6.07 Å². The van der Waals surface area contributed by atoms with Crippen LogP contribution in [-0.2, 0) is 16.6 Å². The van der Waals surface area contributed by atoms with E-state index in [1.165, 1.54) is 12.1 Å². The van der Waals surface area contributed by atoms with Crippen molar-refractivity contribution in [1.82, 2.24) is 4.98 Å². The molecule has 0 unspecified atom stereocenters. The summed E-state index contributed by atoms with van der Waals surface area (Å²) >= 11 is 0. The number of rotatable bonds is 4. The molecule has 0 radical (unpaired) electrons. The summed E-state index contributed by atoms with van der Waals surface area (Å²) in [6.45, 7) is 2.07. The van der Waals surface area contributed by atoms with Gasteiger partial charge in [-0.05, 0) is 54.7 Å². The lowest BCUT2D eigenvalue weighted by atomic mass is 9.94. The Morgan fingerprint density at radius 3 is 2.79 bits per heavy atom. The zero-order valence-corrected chi connectivity index (χ0v) is 13.5. The second-order valence-corrected chi connectivity index (χ2v) is 6.44. The highest BCUT2D eigenvalue weighted by molar-refractivity contribution is 6.04. The molecule has 0 bridgehead atoms. The van der Waals surface area contributed by atoms with Crippen LogP contribution in [0.4, 0.5) is 10.1 Å². The van der Waals surface area contributed by atoms with Crippen LogP contribution in [-0.4, -0.2) is 10.9 Å². The SMILES string of the molecule is CCc1ccccc1NC(=O)C1(c2c[nH]c3ccc(F)cc23)CC1. The van der Waals surface area contributed by atoms with Gasteiger partial charge in [-0.25, -0.2) is 4.39 Å². The van der Waals surface area contributed by atoms with Gasteiger partial charge in [0.25, 0.3) is 0 Å². The third kappa shape index (κ3) is 2.30. The van der Waals surface area contributed by atoms with Crippen LogP contribution in [0.1, 0.15) is 30.9 Å². The van der Waals surface area contributed by atoms with Crippen LogP contribution in [0.25, 0.3) is 10.9 Å². The van der Waals surface area contributed by atoms with Gasteiger partial charge in [0, 0.05) is 22.8 Å². The molecule has 1 amide bonds. The maximum absolute atomic E-state index is 13.6. The number of para-hydroxylation sites is 1. The topological polar surface area (TPSA) is 44.9 Å². The number of aryl methyl sites for hydroxylation is 1. The van der Waals surface area contributed by atoms with Crippen molar-refractivity contribution >= 4 is 22.5 Å². The van der Waals surface area contributed by atoms with Gasteiger partial charge in [-0.1, -0.05) is 25.1 Å². The molecule has 2 N–H and O–H groups in total. The lowest BCUT2D eigenvalue weighted by Crippen LogP contribution is -2.28. The van der Waals surface area contributed by atoms with E-state index < -0.39 is 5.41 Å². The largest absolute Gasteiger partial charge is 0.361 e. The molecule has 0 aliphatic heterocycles. The molecule has 24 heavy (non-hydrogen) atoms. The van der Waals surface area contributed by atoms with Gasteiger partial charge in [0.2, 0.25) is 5.91 Å². The van der Waals surface area contributed by atoms with Crippen LogP contribution >= 0.6 is 0 Å². The molecule has 1 aliphatic carbocycles. The third-order valence-corrected chi connectivity index (χ3v) is 4.99. The van der Waals surface area contributed by atoms with Gasteiger partial charge >= 0.3 is 0 Å². The first kappa shape index (κ1) is 14.9. The Hall–Kier alpha value is -2.62. The Morgan fingerprint density at radius 2 is 2.04 bits per heavy atom. The minimum absolute atomic E-state index is 0.00596. The number of amides is 1. The predicted molar refractivity (Wildman–Crippen MR) is 93.6 cm³/mol. The van der Waals surface area contributed by atoms with E-state index in [0.29, 0.717) is 0 Å². The number of hydrogen-bond donors (Lipinski definition) is 2. The molecular weight excluding hydrogens is 303 g/mol. The fourth-order valence-electron chi connectivity index (χ4n) is 3.42. The predicted octanol–water partition coefficient (Wildman–Crippen LogP) is 4.54. The van der Waals surface area contributed by atoms with E-state index in [2.05, 4.69) is 17.2 Å². The quantitative estimate of drug-likeness (QED) is 0.728. The van der Waals surface area contributed by atoms with Gasteiger partial charge < -0.3 is 10.3 Å². The lowest BCUT2D eigenvalue weighted by Gasteiger charge is -2.17. The van der Waals surface area contributed by atoms with Crippen molar-refractivity contribution in [2.75, 3.05) is 5.32 Å². The summed E-state index contributed by atoms with van der Waals surface area (Å²) in [5, 5.41) is 3.88. The van der Waals surface area contributed by atoms with E-state index in [9.17, 15) is 9.18 Å². The Morgan fingerprint density at radius 1 is 1.25 bits per heavy atom. The summed E-state index contributed by atoms with van der Waals surface area (Å²) in [6.07, 6.45) is 4.29. The fraction of sp³-hybridized carbons (Fsp3) is 0.250. The zero-order valence-electron chi connectivity index (χ0n) is 13.5. The van der Waals surface area contributed by atoms with E-state index in [-0.39, 0.29) is 11.7 Å². The summed E-state index contributed by atoms with van der Waals surface area (Å²) in [4.78, 5) is 16.1. The Balaban J connectivity index is 1.69. The molecule has 0 saturated heterocycles. The van der Waals surface area contributed by atoms with Gasteiger partial charge in [-0.15, -0.1) is 0 Å². The van der Waals surface area contributed by atoms with Gasteiger partial charge in [0.1, 0.15) is 5.82 Å². The Kier molecular flexibility index (Phi) is 3.41. The van der Waals surface area contributed by atoms with Crippen LogP contribution in [0.5, 0.6) is 0 Å². The molecule has 0 spiro atoms. The number of carbonyl (C=O) groups is 1. The number of nitrogens with one attached hydrogen (secondary N) is 2. The number of anilines is 1. The van der Waals surface area contributed by atoms with Gasteiger partial charge in [0.15, 0.2) is 0 Å². The average molecular weight is 322 g/mol. The van der Waals surface area contributed by atoms with Crippen molar-refractivity contribution in [3.63, 3.8) is 0 Å². The minimum atomic E-state index is -0.549. The van der Waals surface area contributed by atoms with Crippen LogP contribution in [0.15, 0.2) is 48.7 Å². The maximum atomic E-state index is 13.6. The number of aromatic nitrogens is 1. The normalized spacial score (nSPS) is 15.4. The second kappa shape index (κ2) is 5.48. The molecule has 2 aromatic carbocycles. The number of halogens is 1. The first-order valence-corrected chi connectivity index (χ1v) is 8.30. The molecule has 1 saturated carbocycles. The van der Waals surface area contributed by atoms with Crippen molar-refractivity contribution in [2.45, 2.75) is 31.6 Å². The summed E-state index contributed by atoms with van der Waals surface area (Å²) in [5.41, 5.74) is 3.18. The van der Waals surface area contributed by atoms with Crippen LogP contribution in [0.3, 0.4) is 0 Å². The molecule has 1 heterocycles. The van der Waals surface area contributed by atoms with E-state index in [1.807, 2.05) is 30.5 Å². The molecule has 4 heteroatoms. The Bertz CT molecular complexity index is 924. The zero-order chi connectivity index (χ0) is 16.7. The van der Waals surface area contributed by atoms with Gasteiger partial charge in [-0.3, -0.25) is 4.79 Å². The maximum Gasteiger partial charge on any atom is 0.235 e. The monoisotopic (exact) mass is 322 g/mol. The highest BCUT2D eigenvalue weighted by Crippen LogP contribution is 2.51. The van der Waals surface area contributed by atoms with Crippen LogP contribution < -0.4 is 5.32 Å². The number of hydrogen-bond acceptors (Lipinski definition) is 1. The molecule has 1 aliphatic rings. The van der Waals surface area contributed by atoms with E-state index >= 15 is 0 Å². The number of H-pyrrole nitrogens is 1. The number of benzene rings is 2. The van der Waals surface area contributed by atoms with Crippen molar-refractivity contribution in [2.24, 2.45) is 0 Å². The first-order valence-electron chi connectivity index (χ1n) is 8.30. The smallest absolute Gasteiger partial charge is 0.235 e. The summed E-state index contributed by atoms with van der Waals surface area (Å²) in [6, 6.07) is 12.5. The molecular formula is C20H19FN2O. The van der Waals surface area contributed by atoms with Crippen molar-refractivity contribution in [3.8, 4) is 0 Å². The number of carbonyl (C=O) groups excluding carboxylic acids is 1. The van der Waals surface area contributed by atoms with Crippen molar-refractivity contribution in [1.29, 1.82) is 0 Å². The molecule has 1 aromatic heterocycles. The molecule has 3 nitrogen and oxygen atoms in total. The molecule has 4 rings (SSSR count). The highest BCUT2D eigenvalue weighted by atomic mass is 19.1. The summed E-state index contributed by atoms with van der Waals surface area (Å²) in [7, 11) is 0. The minimum Gasteiger partial charge on any atom is -0.361 e. The molecule has 0 atom stereocenters. The molecule has 1 fully saturated rings. The highest BCUT2D eigenvalue weighted by Gasteiger charge is 2.52. The lowest BCUT2D eigenvalue weighted by molar-refractivity contribution is -0.118. The van der Waals surface area contributed by atoms with E-state index in [0.717, 1.165) is 47.0 Å². The van der Waals surface area contributed by atoms with Crippen molar-refractivity contribution < 1.29 is 9.18 Å². The fourth-order valence-corrected chi connectivity index (χ4v) is 3.42. The second-order valence-electron chi connectivity index (χ2n) is 6.44. The average Bonchev–Trinajstić information content (AvgIpc) is 3.30. The first-order chi connectivity index (χ1) is 11.6. The Labute approximate surface area is 139 Å².